The Kier molecular flexibility index (Phi) is 8.53. The van der Waals surface area contributed by atoms with Crippen LogP contribution < -0.4 is 10.6 Å². The first kappa shape index (κ1) is 28.1. The summed E-state index contributed by atoms with van der Waals surface area (Å²) in [6.45, 7) is 4.59. The first-order chi connectivity index (χ1) is 18.6. The molecular weight excluding hydrogens is 532 g/mol. The van der Waals surface area contributed by atoms with Crippen LogP contribution in [0, 0.1) is 11.6 Å². The number of aromatic amines is 1. The summed E-state index contributed by atoms with van der Waals surface area (Å²) in [5.41, 5.74) is 6.61. The van der Waals surface area contributed by atoms with Gasteiger partial charge < -0.3 is 20.4 Å². The summed E-state index contributed by atoms with van der Waals surface area (Å²) >= 11 is 0. The Bertz CT molecular complexity index is 1590. The molecule has 1 aromatic carbocycles. The molecule has 1 saturated heterocycles. The van der Waals surface area contributed by atoms with Crippen LogP contribution in [0.4, 0.5) is 20.3 Å². The number of fused-ring (bicyclic) bond motifs is 1. The van der Waals surface area contributed by atoms with Crippen LogP contribution in [0.25, 0.3) is 22.2 Å². The minimum atomic E-state index is -3.67. The van der Waals surface area contributed by atoms with Crippen LogP contribution in [0.1, 0.15) is 29.3 Å². The zero-order valence-electron chi connectivity index (χ0n) is 21.0. The van der Waals surface area contributed by atoms with Gasteiger partial charge in [0.2, 0.25) is 5.78 Å². The number of nitrogens with two attached hydrogens (primary N) is 1. The van der Waals surface area contributed by atoms with Gasteiger partial charge in [-0.25, -0.2) is 18.7 Å². The molecule has 39 heavy (non-hydrogen) atoms. The Labute approximate surface area is 223 Å². The lowest BCUT2D eigenvalue weighted by Crippen LogP contribution is -2.36. The second-order valence-electron chi connectivity index (χ2n) is 8.77. The number of carbonyl (C=O) groups is 1. The predicted molar refractivity (Wildman–Crippen MR) is 143 cm³/mol. The number of morpholine rings is 1. The largest absolute Gasteiger partial charge is 0.396 e. The van der Waals surface area contributed by atoms with Crippen LogP contribution in [-0.4, -0.2) is 65.8 Å². The number of ketones is 1. The monoisotopic (exact) mass is 559 g/mol. The molecule has 0 spiro atoms. The summed E-state index contributed by atoms with van der Waals surface area (Å²) in [4.78, 5) is 26.9. The Morgan fingerprint density at radius 1 is 1.13 bits per heavy atom. The number of ether oxygens (including phenoxy) is 1. The Morgan fingerprint density at radius 3 is 2.46 bits per heavy atom. The van der Waals surface area contributed by atoms with Crippen LogP contribution in [-0.2, 0) is 14.9 Å². The topological polar surface area (TPSA) is 152 Å². The number of benzene rings is 1. The number of pyridine rings is 2. The molecule has 0 aliphatic carbocycles. The standard InChI is InChI=1S/C23H19F2N5O2.C3H8O3S/c24-17-2-3-18(26)21(25)20(17)22(31)16-12-29-23-15(16)9-14(11-28-23)13-1-4-19(27-10-13)30-5-7-32-8-6-30;1-2-3-7(4,5)6/h1-4,9-12H,5-8,26H2,(H,28,29);2-3H2,1H3,(H,4,5,6). The van der Waals surface area contributed by atoms with E-state index in [0.717, 1.165) is 42.2 Å². The second-order valence-corrected chi connectivity index (χ2v) is 10.3. The molecule has 0 amide bonds. The van der Waals surface area contributed by atoms with Gasteiger partial charge in [0.1, 0.15) is 17.3 Å². The number of rotatable bonds is 6. The molecule has 13 heteroatoms. The molecule has 5 rings (SSSR count). The predicted octanol–water partition coefficient (Wildman–Crippen LogP) is 3.84. The molecule has 206 valence electrons. The van der Waals surface area contributed by atoms with E-state index in [4.69, 9.17) is 15.0 Å². The maximum absolute atomic E-state index is 14.4. The Balaban J connectivity index is 0.000000448. The van der Waals surface area contributed by atoms with Crippen LogP contribution >= 0.6 is 0 Å². The van der Waals surface area contributed by atoms with Crippen LogP contribution in [0.3, 0.4) is 0 Å². The second kappa shape index (κ2) is 11.8. The van der Waals surface area contributed by atoms with Crippen molar-refractivity contribution >= 4 is 38.4 Å². The molecule has 0 unspecified atom stereocenters. The van der Waals surface area contributed by atoms with Crippen molar-refractivity contribution in [1.82, 2.24) is 15.0 Å². The number of anilines is 2. The summed E-state index contributed by atoms with van der Waals surface area (Å²) in [6, 6.07) is 7.66. The maximum Gasteiger partial charge on any atom is 0.264 e. The lowest BCUT2D eigenvalue weighted by molar-refractivity contribution is 0.103. The first-order valence-corrected chi connectivity index (χ1v) is 13.7. The van der Waals surface area contributed by atoms with E-state index < -0.39 is 33.1 Å². The van der Waals surface area contributed by atoms with E-state index in [1.165, 1.54) is 6.20 Å². The van der Waals surface area contributed by atoms with Crippen molar-refractivity contribution in [1.29, 1.82) is 0 Å². The lowest BCUT2D eigenvalue weighted by atomic mass is 10.00. The van der Waals surface area contributed by atoms with Gasteiger partial charge in [-0.2, -0.15) is 8.42 Å². The number of carbonyl (C=O) groups excluding carboxylic acids is 1. The molecule has 1 fully saturated rings. The Hall–Kier alpha value is -3.94. The third-order valence-corrected chi connectivity index (χ3v) is 6.93. The van der Waals surface area contributed by atoms with Gasteiger partial charge >= 0.3 is 0 Å². The molecule has 0 bridgehead atoms. The highest BCUT2D eigenvalue weighted by molar-refractivity contribution is 7.85. The third-order valence-electron chi connectivity index (χ3n) is 6.00. The van der Waals surface area contributed by atoms with E-state index in [1.807, 2.05) is 12.1 Å². The van der Waals surface area contributed by atoms with Crippen molar-refractivity contribution < 1.29 is 31.3 Å². The molecule has 10 nitrogen and oxygen atoms in total. The molecule has 4 aromatic rings. The third kappa shape index (κ3) is 6.56. The zero-order chi connectivity index (χ0) is 28.2. The summed E-state index contributed by atoms with van der Waals surface area (Å²) in [5, 5.41) is 0.450. The fourth-order valence-electron chi connectivity index (χ4n) is 4.05. The lowest BCUT2D eigenvalue weighted by Gasteiger charge is -2.27. The number of aromatic nitrogens is 3. The number of hydrogen-bond donors (Lipinski definition) is 3. The summed E-state index contributed by atoms with van der Waals surface area (Å²) in [6.07, 6.45) is 5.25. The van der Waals surface area contributed by atoms with Crippen molar-refractivity contribution in [2.24, 2.45) is 0 Å². The number of H-pyrrole nitrogens is 1. The van der Waals surface area contributed by atoms with E-state index in [9.17, 15) is 22.0 Å². The quantitative estimate of drug-likeness (QED) is 0.182. The van der Waals surface area contributed by atoms with E-state index >= 15 is 0 Å². The molecular formula is C26H27F2N5O5S. The van der Waals surface area contributed by atoms with Crippen LogP contribution in [0.15, 0.2) is 48.9 Å². The minimum absolute atomic E-state index is 0.107. The van der Waals surface area contributed by atoms with E-state index in [1.54, 1.807) is 25.4 Å². The molecule has 4 heterocycles. The molecule has 0 radical (unpaired) electrons. The summed E-state index contributed by atoms with van der Waals surface area (Å²) in [5.74, 6) is -2.12. The Morgan fingerprint density at radius 2 is 1.85 bits per heavy atom. The number of hydrogen-bond acceptors (Lipinski definition) is 8. The normalized spacial score (nSPS) is 13.7. The minimum Gasteiger partial charge on any atom is -0.396 e. The molecule has 1 aliphatic heterocycles. The fourth-order valence-corrected chi connectivity index (χ4v) is 4.57. The first-order valence-electron chi connectivity index (χ1n) is 12.1. The van der Waals surface area contributed by atoms with Crippen molar-refractivity contribution in [2.45, 2.75) is 13.3 Å². The number of nitrogen functional groups attached to an aromatic ring is 1. The molecule has 0 atom stereocenters. The molecule has 3 aromatic heterocycles. The SMILES string of the molecule is CCCS(=O)(=O)O.Nc1ccc(F)c(C(=O)c2c[nH]c3ncc(-c4ccc(N5CCOCC5)nc4)cc23)c1F. The van der Waals surface area contributed by atoms with Gasteiger partial charge in [0.15, 0.2) is 5.82 Å². The summed E-state index contributed by atoms with van der Waals surface area (Å²) in [7, 11) is -3.67. The maximum atomic E-state index is 14.4. The van der Waals surface area contributed by atoms with Gasteiger partial charge in [0.05, 0.1) is 30.2 Å². The molecule has 4 N–H and O–H groups in total. The number of nitrogens with one attached hydrogen (secondary N) is 1. The van der Waals surface area contributed by atoms with Gasteiger partial charge in [-0.1, -0.05) is 6.92 Å². The van der Waals surface area contributed by atoms with E-state index in [2.05, 4.69) is 19.9 Å². The van der Waals surface area contributed by atoms with Gasteiger partial charge in [-0.3, -0.25) is 9.35 Å². The number of halogens is 2. The average molecular weight is 560 g/mol. The van der Waals surface area contributed by atoms with Crippen LogP contribution in [0.2, 0.25) is 0 Å². The fraction of sp³-hybridized carbons (Fsp3) is 0.269. The van der Waals surface area contributed by atoms with Crippen molar-refractivity contribution in [3.05, 3.63) is 71.7 Å². The van der Waals surface area contributed by atoms with Gasteiger partial charge in [-0.05, 0) is 36.8 Å². The highest BCUT2D eigenvalue weighted by Gasteiger charge is 2.24. The van der Waals surface area contributed by atoms with Gasteiger partial charge in [0.25, 0.3) is 10.1 Å². The molecule has 0 saturated carbocycles. The van der Waals surface area contributed by atoms with E-state index in [0.29, 0.717) is 30.7 Å². The highest BCUT2D eigenvalue weighted by atomic mass is 32.2. The smallest absolute Gasteiger partial charge is 0.264 e. The average Bonchev–Trinajstić information content (AvgIpc) is 3.35. The zero-order valence-corrected chi connectivity index (χ0v) is 21.8. The van der Waals surface area contributed by atoms with Gasteiger partial charge in [-0.15, -0.1) is 0 Å². The summed E-state index contributed by atoms with van der Waals surface area (Å²) < 4.78 is 61.6. The van der Waals surface area contributed by atoms with Gasteiger partial charge in [0, 0.05) is 53.8 Å². The highest BCUT2D eigenvalue weighted by Crippen LogP contribution is 2.29. The molecule has 1 aliphatic rings. The number of nitrogens with zero attached hydrogens (tertiary/aromatic N) is 3. The van der Waals surface area contributed by atoms with Crippen molar-refractivity contribution in [3.63, 3.8) is 0 Å². The van der Waals surface area contributed by atoms with Crippen molar-refractivity contribution in [3.8, 4) is 11.1 Å². The van der Waals surface area contributed by atoms with E-state index in [-0.39, 0.29) is 17.0 Å². The van der Waals surface area contributed by atoms with Crippen LogP contribution in [0.5, 0.6) is 0 Å². The van der Waals surface area contributed by atoms with Crippen molar-refractivity contribution in [2.75, 3.05) is 42.7 Å².